The van der Waals surface area contributed by atoms with E-state index in [4.69, 9.17) is 0 Å². The molecule has 0 spiro atoms. The van der Waals surface area contributed by atoms with Crippen molar-refractivity contribution in [2.45, 2.75) is 18.1 Å². The first-order chi connectivity index (χ1) is 9.75. The Bertz CT molecular complexity index is 630. The first kappa shape index (κ1) is 16.0. The van der Waals surface area contributed by atoms with Crippen LogP contribution in [0.4, 0.5) is 27.6 Å². The van der Waals surface area contributed by atoms with Gasteiger partial charge in [-0.2, -0.15) is 0 Å². The standard InChI is InChI=1S/C11H11F5N2O2S/c12-6-7(13)9(15)11(10(16)8(6)14)18-21(19,20)5-2-1-3-17-4-5/h5,17-18H,1-4H2. The monoisotopic (exact) mass is 330 g/mol. The molecule has 2 N–H and O–H groups in total. The van der Waals surface area contributed by atoms with Crippen LogP contribution in [0.3, 0.4) is 0 Å². The molecule has 21 heavy (non-hydrogen) atoms. The van der Waals surface area contributed by atoms with Crippen molar-refractivity contribution in [1.82, 2.24) is 5.32 Å². The summed E-state index contributed by atoms with van der Waals surface area (Å²) in [5.41, 5.74) is -1.56. The Hall–Kier alpha value is -1.42. The van der Waals surface area contributed by atoms with E-state index in [1.54, 1.807) is 0 Å². The van der Waals surface area contributed by atoms with Crippen LogP contribution in [-0.4, -0.2) is 26.8 Å². The molecule has 1 aliphatic rings. The summed E-state index contributed by atoms with van der Waals surface area (Å²) in [5.74, 6) is -11.2. The maximum atomic E-state index is 13.4. The molecule has 4 nitrogen and oxygen atoms in total. The Morgan fingerprint density at radius 1 is 0.952 bits per heavy atom. The number of sulfonamides is 1. The fraction of sp³-hybridized carbons (Fsp3) is 0.455. The molecule has 0 radical (unpaired) electrons. The maximum absolute atomic E-state index is 13.4. The van der Waals surface area contributed by atoms with Crippen molar-refractivity contribution in [3.05, 3.63) is 29.1 Å². The Kier molecular flexibility index (Phi) is 4.38. The average molecular weight is 330 g/mol. The molecule has 0 saturated carbocycles. The smallest absolute Gasteiger partial charge is 0.237 e. The topological polar surface area (TPSA) is 58.2 Å². The zero-order chi connectivity index (χ0) is 15.8. The number of benzene rings is 1. The molecule has 2 rings (SSSR count). The number of hydrogen-bond acceptors (Lipinski definition) is 3. The first-order valence-corrected chi connectivity index (χ1v) is 7.54. The largest absolute Gasteiger partial charge is 0.315 e. The molecule has 10 heteroatoms. The van der Waals surface area contributed by atoms with Crippen LogP contribution >= 0.6 is 0 Å². The van der Waals surface area contributed by atoms with Gasteiger partial charge in [0.2, 0.25) is 15.8 Å². The van der Waals surface area contributed by atoms with Gasteiger partial charge in [-0.1, -0.05) is 0 Å². The fourth-order valence-corrected chi connectivity index (χ4v) is 3.45. The van der Waals surface area contributed by atoms with Crippen LogP contribution < -0.4 is 10.0 Å². The molecular weight excluding hydrogens is 319 g/mol. The lowest BCUT2D eigenvalue weighted by Crippen LogP contribution is -2.41. The number of halogens is 5. The van der Waals surface area contributed by atoms with Gasteiger partial charge >= 0.3 is 0 Å². The quantitative estimate of drug-likeness (QED) is 0.505. The van der Waals surface area contributed by atoms with Crippen LogP contribution in [0.25, 0.3) is 0 Å². The molecule has 0 bridgehead atoms. The van der Waals surface area contributed by atoms with Gasteiger partial charge in [0.25, 0.3) is 0 Å². The lowest BCUT2D eigenvalue weighted by Gasteiger charge is -2.23. The molecule has 1 unspecified atom stereocenters. The van der Waals surface area contributed by atoms with Gasteiger partial charge in [0.15, 0.2) is 23.3 Å². The second kappa shape index (κ2) is 5.76. The van der Waals surface area contributed by atoms with Crippen LogP contribution in [0.15, 0.2) is 0 Å². The lowest BCUT2D eigenvalue weighted by molar-refractivity contribution is 0.382. The highest BCUT2D eigenvalue weighted by atomic mass is 32.2. The molecule has 1 aliphatic heterocycles. The maximum Gasteiger partial charge on any atom is 0.237 e. The van der Waals surface area contributed by atoms with E-state index >= 15 is 0 Å². The molecule has 118 valence electrons. The number of nitrogens with one attached hydrogen (secondary N) is 2. The Morgan fingerprint density at radius 2 is 1.48 bits per heavy atom. The van der Waals surface area contributed by atoms with Crippen LogP contribution in [0, 0.1) is 29.1 Å². The van der Waals surface area contributed by atoms with E-state index in [0.29, 0.717) is 13.0 Å². The molecule has 1 saturated heterocycles. The zero-order valence-corrected chi connectivity index (χ0v) is 11.3. The summed E-state index contributed by atoms with van der Waals surface area (Å²) in [6, 6.07) is 0. The second-order valence-corrected chi connectivity index (χ2v) is 6.52. The normalized spacial score (nSPS) is 19.6. The third-order valence-corrected chi connectivity index (χ3v) is 4.91. The van der Waals surface area contributed by atoms with E-state index < -0.39 is 50.0 Å². The number of piperidine rings is 1. The summed E-state index contributed by atoms with van der Waals surface area (Å²) in [6.07, 6.45) is 0.737. The SMILES string of the molecule is O=S(=O)(Nc1c(F)c(F)c(F)c(F)c1F)C1CCCNC1. The van der Waals surface area contributed by atoms with E-state index in [0.717, 1.165) is 0 Å². The van der Waals surface area contributed by atoms with Crippen molar-refractivity contribution >= 4 is 15.7 Å². The van der Waals surface area contributed by atoms with Gasteiger partial charge < -0.3 is 5.32 Å². The van der Waals surface area contributed by atoms with E-state index in [-0.39, 0.29) is 13.0 Å². The van der Waals surface area contributed by atoms with Crippen molar-refractivity contribution < 1.29 is 30.4 Å². The average Bonchev–Trinajstić information content (AvgIpc) is 2.48. The number of rotatable bonds is 3. The highest BCUT2D eigenvalue weighted by molar-refractivity contribution is 7.93. The molecule has 0 aliphatic carbocycles. The molecular formula is C11H11F5N2O2S. The molecule has 1 aromatic rings. The van der Waals surface area contributed by atoms with Gasteiger partial charge in [-0.25, -0.2) is 30.4 Å². The van der Waals surface area contributed by atoms with E-state index in [9.17, 15) is 30.4 Å². The summed E-state index contributed by atoms with van der Waals surface area (Å²) in [6.45, 7) is 0.624. The van der Waals surface area contributed by atoms with Crippen molar-refractivity contribution in [1.29, 1.82) is 0 Å². The summed E-state index contributed by atoms with van der Waals surface area (Å²) >= 11 is 0. The Morgan fingerprint density at radius 3 is 1.95 bits per heavy atom. The van der Waals surface area contributed by atoms with Gasteiger partial charge in [0.05, 0.1) is 5.25 Å². The summed E-state index contributed by atoms with van der Waals surface area (Å²) in [5, 5.41) is 1.76. The summed E-state index contributed by atoms with van der Waals surface area (Å²) in [7, 11) is -4.28. The first-order valence-electron chi connectivity index (χ1n) is 5.99. The second-order valence-electron chi connectivity index (χ2n) is 4.56. The third kappa shape index (κ3) is 2.95. The van der Waals surface area contributed by atoms with E-state index in [2.05, 4.69) is 5.32 Å². The van der Waals surface area contributed by atoms with Gasteiger partial charge in [0, 0.05) is 6.54 Å². The van der Waals surface area contributed by atoms with E-state index in [1.807, 2.05) is 0 Å². The zero-order valence-electron chi connectivity index (χ0n) is 10.5. The predicted octanol–water partition coefficient (Wildman–Crippen LogP) is 1.88. The van der Waals surface area contributed by atoms with Crippen molar-refractivity contribution in [3.63, 3.8) is 0 Å². The molecule has 1 fully saturated rings. The highest BCUT2D eigenvalue weighted by Crippen LogP contribution is 2.28. The van der Waals surface area contributed by atoms with Crippen molar-refractivity contribution in [3.8, 4) is 0 Å². The fourth-order valence-electron chi connectivity index (χ4n) is 2.00. The Labute approximate surface area is 117 Å². The molecule has 1 aromatic carbocycles. The van der Waals surface area contributed by atoms with Crippen molar-refractivity contribution in [2.24, 2.45) is 0 Å². The Balaban J connectivity index is 2.39. The predicted molar refractivity (Wildman–Crippen MR) is 64.7 cm³/mol. The van der Waals surface area contributed by atoms with Gasteiger partial charge in [-0.05, 0) is 19.4 Å². The lowest BCUT2D eigenvalue weighted by atomic mass is 10.2. The van der Waals surface area contributed by atoms with Gasteiger partial charge in [-0.3, -0.25) is 4.72 Å². The van der Waals surface area contributed by atoms with Gasteiger partial charge in [-0.15, -0.1) is 0 Å². The number of hydrogen-bond donors (Lipinski definition) is 2. The highest BCUT2D eigenvalue weighted by Gasteiger charge is 2.32. The minimum atomic E-state index is -4.28. The minimum absolute atomic E-state index is 0.0325. The third-order valence-electron chi connectivity index (χ3n) is 3.14. The molecule has 1 heterocycles. The van der Waals surface area contributed by atoms with E-state index in [1.165, 1.54) is 4.72 Å². The molecule has 1 atom stereocenters. The molecule has 0 amide bonds. The van der Waals surface area contributed by atoms with Crippen LogP contribution in [0.1, 0.15) is 12.8 Å². The van der Waals surface area contributed by atoms with Crippen LogP contribution in [0.5, 0.6) is 0 Å². The van der Waals surface area contributed by atoms with Crippen molar-refractivity contribution in [2.75, 3.05) is 17.8 Å². The van der Waals surface area contributed by atoms with Crippen LogP contribution in [0.2, 0.25) is 0 Å². The number of anilines is 1. The van der Waals surface area contributed by atoms with Gasteiger partial charge in [0.1, 0.15) is 5.69 Å². The molecule has 0 aromatic heterocycles. The minimum Gasteiger partial charge on any atom is -0.315 e. The summed E-state index contributed by atoms with van der Waals surface area (Å²) in [4.78, 5) is 0. The summed E-state index contributed by atoms with van der Waals surface area (Å²) < 4.78 is 91.1. The van der Waals surface area contributed by atoms with Crippen LogP contribution in [-0.2, 0) is 10.0 Å².